The van der Waals surface area contributed by atoms with E-state index in [1.165, 1.54) is 12.8 Å². The molecule has 0 radical (unpaired) electrons. The molecule has 0 N–H and O–H groups in total. The molecule has 0 rings (SSSR count). The first-order chi connectivity index (χ1) is 6.51. The third-order valence-electron chi connectivity index (χ3n) is 3.62. The fourth-order valence-corrected chi connectivity index (χ4v) is 3.65. The van der Waals surface area contributed by atoms with E-state index in [1.807, 2.05) is 7.11 Å². The molecule has 1 atom stereocenters. The van der Waals surface area contributed by atoms with Gasteiger partial charge in [-0.15, -0.1) is 0 Å². The van der Waals surface area contributed by atoms with E-state index < -0.39 is 0 Å². The number of hydrogen-bond acceptors (Lipinski definition) is 1. The van der Waals surface area contributed by atoms with Crippen molar-refractivity contribution < 1.29 is 4.74 Å². The molecule has 2 heteroatoms. The van der Waals surface area contributed by atoms with Crippen molar-refractivity contribution in [1.82, 2.24) is 0 Å². The molecule has 0 fully saturated rings. The van der Waals surface area contributed by atoms with Crippen LogP contribution in [-0.4, -0.2) is 17.6 Å². The van der Waals surface area contributed by atoms with Crippen LogP contribution in [0.1, 0.15) is 60.3 Å². The summed E-state index contributed by atoms with van der Waals surface area (Å²) in [4.78, 5) is 0. The van der Waals surface area contributed by atoms with Crippen molar-refractivity contribution in [1.29, 1.82) is 0 Å². The van der Waals surface area contributed by atoms with E-state index in [2.05, 4.69) is 34.6 Å². The van der Waals surface area contributed by atoms with Crippen LogP contribution in [0.5, 0.6) is 0 Å². The van der Waals surface area contributed by atoms with Gasteiger partial charge in [-0.25, -0.2) is 0 Å². The zero-order chi connectivity index (χ0) is 11.2. The number of rotatable bonds is 7. The van der Waals surface area contributed by atoms with Crippen LogP contribution in [0.4, 0.5) is 0 Å². The molecule has 0 aliphatic rings. The Bertz CT molecular complexity index is 140. The lowest BCUT2D eigenvalue weighted by atomic mass is 10.1. The highest BCUT2D eigenvalue weighted by atomic mass is 31.1. The van der Waals surface area contributed by atoms with Crippen molar-refractivity contribution in [3.63, 3.8) is 0 Å². The average Bonchev–Trinajstić information content (AvgIpc) is 2.26. The summed E-state index contributed by atoms with van der Waals surface area (Å²) in [6.45, 7) is 11.5. The van der Waals surface area contributed by atoms with E-state index in [0.29, 0.717) is 5.16 Å². The minimum atomic E-state index is 0.140. The van der Waals surface area contributed by atoms with E-state index in [1.54, 1.807) is 0 Å². The molecule has 86 valence electrons. The van der Waals surface area contributed by atoms with E-state index >= 15 is 0 Å². The average molecular weight is 218 g/mol. The SMILES string of the molecule is CCC(C)(CC)PC(CC)(CC)OC. The fourth-order valence-electron chi connectivity index (χ4n) is 1.74. The summed E-state index contributed by atoms with van der Waals surface area (Å²) >= 11 is 0. The van der Waals surface area contributed by atoms with Gasteiger partial charge in [-0.1, -0.05) is 43.2 Å². The van der Waals surface area contributed by atoms with Crippen LogP contribution >= 0.6 is 8.58 Å². The largest absolute Gasteiger partial charge is 0.374 e. The summed E-state index contributed by atoms with van der Waals surface area (Å²) in [5.74, 6) is 0. The van der Waals surface area contributed by atoms with Crippen molar-refractivity contribution in [3.8, 4) is 0 Å². The van der Waals surface area contributed by atoms with Gasteiger partial charge in [0.25, 0.3) is 0 Å². The summed E-state index contributed by atoms with van der Waals surface area (Å²) in [5.41, 5.74) is 0. The summed E-state index contributed by atoms with van der Waals surface area (Å²) in [6.07, 6.45) is 4.78. The molecular formula is C12H27OP. The maximum Gasteiger partial charge on any atom is 0.0837 e. The van der Waals surface area contributed by atoms with Gasteiger partial charge in [0.1, 0.15) is 0 Å². The van der Waals surface area contributed by atoms with Gasteiger partial charge in [-0.3, -0.25) is 0 Å². The number of methoxy groups -OCH3 is 1. The predicted octanol–water partition coefficient (Wildman–Crippen LogP) is 4.41. The molecule has 0 aliphatic heterocycles. The Morgan fingerprint density at radius 3 is 1.57 bits per heavy atom. The Morgan fingerprint density at radius 1 is 0.929 bits per heavy atom. The van der Waals surface area contributed by atoms with E-state index in [4.69, 9.17) is 4.74 Å². The first kappa shape index (κ1) is 14.4. The van der Waals surface area contributed by atoms with Crippen LogP contribution < -0.4 is 0 Å². The maximum absolute atomic E-state index is 5.75. The lowest BCUT2D eigenvalue weighted by molar-refractivity contribution is 0.0593. The third kappa shape index (κ3) is 3.51. The summed E-state index contributed by atoms with van der Waals surface area (Å²) in [7, 11) is 2.78. The molecule has 0 aromatic heterocycles. The Balaban J connectivity index is 4.56. The second kappa shape index (κ2) is 6.08. The van der Waals surface area contributed by atoms with E-state index in [0.717, 1.165) is 21.4 Å². The molecule has 1 unspecified atom stereocenters. The minimum absolute atomic E-state index is 0.140. The van der Waals surface area contributed by atoms with Crippen molar-refractivity contribution in [2.75, 3.05) is 7.11 Å². The van der Waals surface area contributed by atoms with Crippen LogP contribution in [0.2, 0.25) is 0 Å². The first-order valence-corrected chi connectivity index (χ1v) is 6.86. The molecule has 0 aromatic rings. The molecule has 0 heterocycles. The van der Waals surface area contributed by atoms with Gasteiger partial charge >= 0.3 is 0 Å². The highest BCUT2D eigenvalue weighted by molar-refractivity contribution is 7.41. The van der Waals surface area contributed by atoms with Gasteiger partial charge in [0.2, 0.25) is 0 Å². The van der Waals surface area contributed by atoms with Crippen LogP contribution in [-0.2, 0) is 4.74 Å². The Hall–Kier alpha value is 0.390. The molecule has 0 bridgehead atoms. The van der Waals surface area contributed by atoms with Crippen LogP contribution in [0.3, 0.4) is 0 Å². The van der Waals surface area contributed by atoms with Gasteiger partial charge in [0.15, 0.2) is 0 Å². The van der Waals surface area contributed by atoms with Crippen molar-refractivity contribution >= 4 is 8.58 Å². The van der Waals surface area contributed by atoms with Gasteiger partial charge in [0, 0.05) is 7.11 Å². The Kier molecular flexibility index (Phi) is 6.25. The standard InChI is InChI=1S/C12H27OP/c1-7-11(5,8-2)14-12(9-3,10-4)13-6/h14H,7-10H2,1-6H3. The predicted molar refractivity (Wildman–Crippen MR) is 67.6 cm³/mol. The summed E-state index contributed by atoms with van der Waals surface area (Å²) < 4.78 is 5.75. The highest BCUT2D eigenvalue weighted by Crippen LogP contribution is 2.50. The molecule has 0 aliphatic carbocycles. The molecule has 0 aromatic carbocycles. The Morgan fingerprint density at radius 2 is 1.36 bits per heavy atom. The van der Waals surface area contributed by atoms with Gasteiger partial charge in [-0.2, -0.15) is 0 Å². The minimum Gasteiger partial charge on any atom is -0.374 e. The van der Waals surface area contributed by atoms with Crippen LogP contribution in [0, 0.1) is 0 Å². The molecule has 14 heavy (non-hydrogen) atoms. The molecule has 0 saturated carbocycles. The quantitative estimate of drug-likeness (QED) is 0.575. The molecular weight excluding hydrogens is 191 g/mol. The lowest BCUT2D eigenvalue weighted by Gasteiger charge is -2.39. The second-order valence-electron chi connectivity index (χ2n) is 4.30. The van der Waals surface area contributed by atoms with Gasteiger partial charge in [0.05, 0.1) is 5.34 Å². The van der Waals surface area contributed by atoms with Crippen molar-refractivity contribution in [2.24, 2.45) is 0 Å². The van der Waals surface area contributed by atoms with E-state index in [-0.39, 0.29) is 5.34 Å². The summed E-state index contributed by atoms with van der Waals surface area (Å²) in [6, 6.07) is 0. The lowest BCUT2D eigenvalue weighted by Crippen LogP contribution is -2.31. The topological polar surface area (TPSA) is 9.23 Å². The number of hydrogen-bond donors (Lipinski definition) is 0. The van der Waals surface area contributed by atoms with Crippen LogP contribution in [0.15, 0.2) is 0 Å². The third-order valence-corrected chi connectivity index (χ3v) is 6.30. The molecule has 0 amide bonds. The monoisotopic (exact) mass is 218 g/mol. The zero-order valence-corrected chi connectivity index (χ0v) is 11.7. The molecule has 0 spiro atoms. The van der Waals surface area contributed by atoms with Crippen LogP contribution in [0.25, 0.3) is 0 Å². The summed E-state index contributed by atoms with van der Waals surface area (Å²) in [5, 5.41) is 0.614. The second-order valence-corrected chi connectivity index (χ2v) is 6.67. The highest BCUT2D eigenvalue weighted by Gasteiger charge is 2.34. The zero-order valence-electron chi connectivity index (χ0n) is 10.7. The van der Waals surface area contributed by atoms with Crippen molar-refractivity contribution in [2.45, 2.75) is 70.8 Å². The van der Waals surface area contributed by atoms with Crippen molar-refractivity contribution in [3.05, 3.63) is 0 Å². The van der Waals surface area contributed by atoms with Gasteiger partial charge < -0.3 is 4.74 Å². The first-order valence-electron chi connectivity index (χ1n) is 5.86. The Labute approximate surface area is 91.8 Å². The fraction of sp³-hybridized carbons (Fsp3) is 1.00. The normalized spacial score (nSPS) is 14.1. The molecule has 1 nitrogen and oxygen atoms in total. The van der Waals surface area contributed by atoms with E-state index in [9.17, 15) is 0 Å². The smallest absolute Gasteiger partial charge is 0.0837 e. The number of ether oxygens (including phenoxy) is 1. The molecule has 0 saturated heterocycles. The maximum atomic E-state index is 5.75. The van der Waals surface area contributed by atoms with Gasteiger partial charge in [-0.05, 0) is 30.8 Å².